The maximum Gasteiger partial charge on any atom is 0.222 e. The fraction of sp³-hybridized carbons (Fsp3) is 0.579. The molecule has 0 unspecified atom stereocenters. The summed E-state index contributed by atoms with van der Waals surface area (Å²) >= 11 is 0. The Kier molecular flexibility index (Phi) is 5.80. The number of pyridine rings is 1. The zero-order chi connectivity index (χ0) is 17.0. The Balaban J connectivity index is 2.08. The first-order valence-electron chi connectivity index (χ1n) is 8.58. The Morgan fingerprint density at radius 1 is 1.17 bits per heavy atom. The van der Waals surface area contributed by atoms with E-state index in [0.717, 1.165) is 36.5 Å². The smallest absolute Gasteiger partial charge is 0.222 e. The molecule has 2 rings (SSSR count). The van der Waals surface area contributed by atoms with E-state index < -0.39 is 0 Å². The number of aromatic nitrogens is 2. The van der Waals surface area contributed by atoms with Gasteiger partial charge in [-0.15, -0.1) is 0 Å². The van der Waals surface area contributed by atoms with Gasteiger partial charge in [0, 0.05) is 31.4 Å². The van der Waals surface area contributed by atoms with Gasteiger partial charge >= 0.3 is 0 Å². The van der Waals surface area contributed by atoms with Crippen LogP contribution in [0.5, 0.6) is 0 Å². The molecule has 1 amide bonds. The number of nitrogens with zero attached hydrogens (tertiary/aromatic N) is 3. The third-order valence-electron chi connectivity index (χ3n) is 3.93. The van der Waals surface area contributed by atoms with Gasteiger partial charge in [-0.05, 0) is 37.3 Å². The van der Waals surface area contributed by atoms with Crippen molar-refractivity contribution in [1.29, 1.82) is 0 Å². The minimum absolute atomic E-state index is 0.248. The molecule has 23 heavy (non-hydrogen) atoms. The van der Waals surface area contributed by atoms with Crippen LogP contribution in [0.1, 0.15) is 45.5 Å². The van der Waals surface area contributed by atoms with Crippen molar-refractivity contribution in [2.24, 2.45) is 11.8 Å². The summed E-state index contributed by atoms with van der Waals surface area (Å²) in [6.45, 7) is 12.3. The van der Waals surface area contributed by atoms with Gasteiger partial charge in [-0.2, -0.15) is 0 Å². The molecule has 2 aromatic heterocycles. The second-order valence-corrected chi connectivity index (χ2v) is 7.16. The summed E-state index contributed by atoms with van der Waals surface area (Å²) in [6.07, 6.45) is 3.31. The molecule has 0 bridgehead atoms. The molecule has 4 heteroatoms. The van der Waals surface area contributed by atoms with Crippen LogP contribution in [0, 0.1) is 18.8 Å². The van der Waals surface area contributed by atoms with Gasteiger partial charge in [0.15, 0.2) is 0 Å². The van der Waals surface area contributed by atoms with Crippen LogP contribution in [0.3, 0.4) is 0 Å². The number of amides is 1. The first-order valence-corrected chi connectivity index (χ1v) is 8.58. The minimum Gasteiger partial charge on any atom is -0.342 e. The van der Waals surface area contributed by atoms with Crippen molar-refractivity contribution < 1.29 is 4.79 Å². The SMILES string of the molecule is Cc1nc2ccccn2c1CCC(=O)N(CC(C)C)CC(C)C. The minimum atomic E-state index is 0.248. The fourth-order valence-electron chi connectivity index (χ4n) is 3.01. The Hall–Kier alpha value is -1.84. The van der Waals surface area contributed by atoms with Crippen LogP contribution >= 0.6 is 0 Å². The zero-order valence-electron chi connectivity index (χ0n) is 15.0. The van der Waals surface area contributed by atoms with E-state index in [1.165, 1.54) is 0 Å². The van der Waals surface area contributed by atoms with Crippen LogP contribution in [0.25, 0.3) is 5.65 Å². The number of imidazole rings is 1. The molecule has 0 aliphatic rings. The quantitative estimate of drug-likeness (QED) is 0.781. The molecule has 4 nitrogen and oxygen atoms in total. The second kappa shape index (κ2) is 7.62. The summed E-state index contributed by atoms with van der Waals surface area (Å²) in [5.41, 5.74) is 3.11. The van der Waals surface area contributed by atoms with Crippen LogP contribution in [-0.2, 0) is 11.2 Å². The van der Waals surface area contributed by atoms with Crippen molar-refractivity contribution >= 4 is 11.6 Å². The van der Waals surface area contributed by atoms with Crippen LogP contribution in [0.4, 0.5) is 0 Å². The van der Waals surface area contributed by atoms with Gasteiger partial charge in [0.25, 0.3) is 0 Å². The number of aryl methyl sites for hydroxylation is 2. The molecular weight excluding hydrogens is 286 g/mol. The predicted molar refractivity (Wildman–Crippen MR) is 94.5 cm³/mol. The Morgan fingerprint density at radius 2 is 1.83 bits per heavy atom. The van der Waals surface area contributed by atoms with Crippen LogP contribution < -0.4 is 0 Å². The van der Waals surface area contributed by atoms with Gasteiger partial charge in [-0.25, -0.2) is 4.98 Å². The number of carbonyl (C=O) groups is 1. The lowest BCUT2D eigenvalue weighted by atomic mass is 10.1. The molecule has 2 aromatic rings. The first kappa shape index (κ1) is 17.5. The van der Waals surface area contributed by atoms with E-state index >= 15 is 0 Å². The van der Waals surface area contributed by atoms with Crippen molar-refractivity contribution in [2.45, 2.75) is 47.5 Å². The molecule has 0 spiro atoms. The Bertz CT molecular complexity index is 648. The number of hydrogen-bond donors (Lipinski definition) is 0. The van der Waals surface area contributed by atoms with Gasteiger partial charge in [-0.1, -0.05) is 33.8 Å². The molecule has 0 fully saturated rings. The molecule has 0 N–H and O–H groups in total. The maximum atomic E-state index is 12.7. The van der Waals surface area contributed by atoms with Crippen molar-refractivity contribution in [2.75, 3.05) is 13.1 Å². The average Bonchev–Trinajstić information content (AvgIpc) is 2.78. The lowest BCUT2D eigenvalue weighted by molar-refractivity contribution is -0.132. The van der Waals surface area contributed by atoms with Crippen LogP contribution in [0.15, 0.2) is 24.4 Å². The molecule has 0 aliphatic heterocycles. The molecule has 126 valence electrons. The summed E-state index contributed by atoms with van der Waals surface area (Å²) < 4.78 is 2.10. The van der Waals surface area contributed by atoms with Gasteiger partial charge in [0.05, 0.1) is 5.69 Å². The summed E-state index contributed by atoms with van der Waals surface area (Å²) in [4.78, 5) is 19.2. The monoisotopic (exact) mass is 315 g/mol. The molecule has 0 saturated heterocycles. The number of hydrogen-bond acceptors (Lipinski definition) is 2. The van der Waals surface area contributed by atoms with E-state index in [4.69, 9.17) is 0 Å². The second-order valence-electron chi connectivity index (χ2n) is 7.16. The van der Waals surface area contributed by atoms with E-state index in [0.29, 0.717) is 18.3 Å². The molecule has 0 aliphatic carbocycles. The molecule has 0 saturated carbocycles. The fourth-order valence-corrected chi connectivity index (χ4v) is 3.01. The van der Waals surface area contributed by atoms with Gasteiger partial charge in [0.2, 0.25) is 5.91 Å². The van der Waals surface area contributed by atoms with Gasteiger partial charge < -0.3 is 9.30 Å². The molecule has 0 radical (unpaired) electrons. The summed E-state index contributed by atoms with van der Waals surface area (Å²) in [5.74, 6) is 1.24. The van der Waals surface area contributed by atoms with E-state index in [9.17, 15) is 4.79 Å². The van der Waals surface area contributed by atoms with Crippen molar-refractivity contribution in [3.05, 3.63) is 35.8 Å². The third kappa shape index (κ3) is 4.57. The maximum absolute atomic E-state index is 12.7. The van der Waals surface area contributed by atoms with E-state index in [-0.39, 0.29) is 5.91 Å². The van der Waals surface area contributed by atoms with Gasteiger partial charge in [0.1, 0.15) is 5.65 Å². The van der Waals surface area contributed by atoms with E-state index in [2.05, 4.69) is 37.1 Å². The largest absolute Gasteiger partial charge is 0.342 e. The van der Waals surface area contributed by atoms with E-state index in [1.54, 1.807) is 0 Å². The Morgan fingerprint density at radius 3 is 2.43 bits per heavy atom. The first-order chi connectivity index (χ1) is 10.9. The summed E-state index contributed by atoms with van der Waals surface area (Å²) in [7, 11) is 0. The highest BCUT2D eigenvalue weighted by Crippen LogP contribution is 2.15. The summed E-state index contributed by atoms with van der Waals surface area (Å²) in [6, 6.07) is 6.00. The highest BCUT2D eigenvalue weighted by atomic mass is 16.2. The summed E-state index contributed by atoms with van der Waals surface area (Å²) in [5, 5.41) is 0. The molecule has 0 aromatic carbocycles. The highest BCUT2D eigenvalue weighted by Gasteiger charge is 2.17. The number of carbonyl (C=O) groups excluding carboxylic acids is 1. The highest BCUT2D eigenvalue weighted by molar-refractivity contribution is 5.76. The molecule has 0 atom stereocenters. The normalized spacial score (nSPS) is 11.6. The lowest BCUT2D eigenvalue weighted by Crippen LogP contribution is -2.37. The predicted octanol–water partition coefficient (Wildman–Crippen LogP) is 3.72. The molecule has 2 heterocycles. The number of fused-ring (bicyclic) bond motifs is 1. The lowest BCUT2D eigenvalue weighted by Gasteiger charge is -2.26. The van der Waals surface area contributed by atoms with Crippen molar-refractivity contribution in [3.63, 3.8) is 0 Å². The van der Waals surface area contributed by atoms with E-state index in [1.807, 2.05) is 36.2 Å². The Labute approximate surface area is 139 Å². The third-order valence-corrected chi connectivity index (χ3v) is 3.93. The molecular formula is C19H29N3O. The number of rotatable bonds is 7. The van der Waals surface area contributed by atoms with Crippen LogP contribution in [0.2, 0.25) is 0 Å². The standard InChI is InChI=1S/C19H29N3O/c1-14(2)12-21(13-15(3)4)19(23)10-9-17-16(5)20-18-8-6-7-11-22(17)18/h6-8,11,14-15H,9-10,12-13H2,1-5H3. The van der Waals surface area contributed by atoms with Crippen molar-refractivity contribution in [1.82, 2.24) is 14.3 Å². The van der Waals surface area contributed by atoms with Gasteiger partial charge in [-0.3, -0.25) is 4.79 Å². The van der Waals surface area contributed by atoms with Crippen LogP contribution in [-0.4, -0.2) is 33.3 Å². The average molecular weight is 315 g/mol. The topological polar surface area (TPSA) is 37.6 Å². The van der Waals surface area contributed by atoms with Crippen molar-refractivity contribution in [3.8, 4) is 0 Å². The zero-order valence-corrected chi connectivity index (χ0v) is 15.0.